The van der Waals surface area contributed by atoms with Gasteiger partial charge in [-0.15, -0.1) is 0 Å². The molecule has 0 saturated carbocycles. The third kappa shape index (κ3) is 2.40. The molecule has 1 fully saturated rings. The van der Waals surface area contributed by atoms with Gasteiger partial charge in [0, 0.05) is 53.9 Å². The quantitative estimate of drug-likeness (QED) is 0.924. The molecule has 3 rings (SSSR count). The van der Waals surface area contributed by atoms with Crippen LogP contribution >= 0.6 is 11.6 Å². The van der Waals surface area contributed by atoms with Gasteiger partial charge in [0.25, 0.3) is 0 Å². The molecule has 1 N–H and O–H groups in total. The van der Waals surface area contributed by atoms with Crippen LogP contribution in [0.15, 0.2) is 24.4 Å². The van der Waals surface area contributed by atoms with Gasteiger partial charge >= 0.3 is 0 Å². The molecule has 1 aliphatic rings. The highest BCUT2D eigenvalue weighted by molar-refractivity contribution is 6.31. The first-order valence-corrected chi connectivity index (χ1v) is 7.15. The lowest BCUT2D eigenvalue weighted by molar-refractivity contribution is 0.133. The summed E-state index contributed by atoms with van der Waals surface area (Å²) in [6.07, 6.45) is 1.94. The molecule has 0 amide bonds. The first-order valence-electron chi connectivity index (χ1n) is 6.78. The zero-order valence-electron chi connectivity index (χ0n) is 11.4. The van der Waals surface area contributed by atoms with Gasteiger partial charge in [0.15, 0.2) is 0 Å². The van der Waals surface area contributed by atoms with Crippen molar-refractivity contribution >= 4 is 22.5 Å². The largest absolute Gasteiger partial charge is 0.361 e. The molecule has 20 heavy (non-hydrogen) atoms. The number of H-pyrrole nitrogens is 1. The summed E-state index contributed by atoms with van der Waals surface area (Å²) in [4.78, 5) is 7.76. The fourth-order valence-electron chi connectivity index (χ4n) is 2.77. The van der Waals surface area contributed by atoms with E-state index in [1.807, 2.05) is 24.4 Å². The van der Waals surface area contributed by atoms with Crippen molar-refractivity contribution in [3.63, 3.8) is 0 Å². The highest BCUT2D eigenvalue weighted by atomic mass is 35.5. The average molecular weight is 289 g/mol. The molecular formula is C15H17ClN4. The summed E-state index contributed by atoms with van der Waals surface area (Å²) in [7, 11) is 2.12. The minimum atomic E-state index is -0.212. The highest BCUT2D eigenvalue weighted by Gasteiger charge is 2.25. The molecule has 1 aliphatic heterocycles. The minimum absolute atomic E-state index is 0.212. The van der Waals surface area contributed by atoms with E-state index in [-0.39, 0.29) is 6.04 Å². The van der Waals surface area contributed by atoms with Crippen molar-refractivity contribution in [2.75, 3.05) is 33.2 Å². The predicted molar refractivity (Wildman–Crippen MR) is 80.7 cm³/mol. The SMILES string of the molecule is CN1CCN([C@@H](C#N)c2c[nH]c3ccc(Cl)cc23)CC1. The first kappa shape index (κ1) is 13.4. The Morgan fingerprint density at radius 1 is 1.30 bits per heavy atom. The molecule has 2 heterocycles. The van der Waals surface area contributed by atoms with E-state index < -0.39 is 0 Å². The van der Waals surface area contributed by atoms with E-state index in [4.69, 9.17) is 11.6 Å². The van der Waals surface area contributed by atoms with Crippen molar-refractivity contribution in [1.29, 1.82) is 5.26 Å². The number of benzene rings is 1. The van der Waals surface area contributed by atoms with E-state index in [0.717, 1.165) is 42.6 Å². The van der Waals surface area contributed by atoms with Gasteiger partial charge in [-0.25, -0.2) is 0 Å². The Morgan fingerprint density at radius 3 is 2.75 bits per heavy atom. The van der Waals surface area contributed by atoms with Crippen LogP contribution in [-0.2, 0) is 0 Å². The molecular weight excluding hydrogens is 272 g/mol. The van der Waals surface area contributed by atoms with Crippen LogP contribution in [0.25, 0.3) is 10.9 Å². The number of hydrogen-bond acceptors (Lipinski definition) is 3. The van der Waals surface area contributed by atoms with Crippen LogP contribution in [0.4, 0.5) is 0 Å². The van der Waals surface area contributed by atoms with E-state index in [1.54, 1.807) is 0 Å². The number of rotatable bonds is 2. The molecule has 0 spiro atoms. The minimum Gasteiger partial charge on any atom is -0.361 e. The molecule has 1 atom stereocenters. The van der Waals surface area contributed by atoms with E-state index in [0.29, 0.717) is 5.02 Å². The van der Waals surface area contributed by atoms with E-state index in [1.165, 1.54) is 0 Å². The van der Waals surface area contributed by atoms with E-state index in [9.17, 15) is 5.26 Å². The molecule has 2 aromatic rings. The zero-order chi connectivity index (χ0) is 14.1. The van der Waals surface area contributed by atoms with E-state index >= 15 is 0 Å². The zero-order valence-corrected chi connectivity index (χ0v) is 12.2. The van der Waals surface area contributed by atoms with Gasteiger partial charge in [0.2, 0.25) is 0 Å². The third-order valence-electron chi connectivity index (χ3n) is 4.00. The van der Waals surface area contributed by atoms with Crippen LogP contribution in [-0.4, -0.2) is 48.0 Å². The van der Waals surface area contributed by atoms with Crippen molar-refractivity contribution in [1.82, 2.24) is 14.8 Å². The Kier molecular flexibility index (Phi) is 3.66. The number of aromatic nitrogens is 1. The Labute approximate surface area is 123 Å². The number of hydrogen-bond donors (Lipinski definition) is 1. The van der Waals surface area contributed by atoms with Crippen molar-refractivity contribution in [2.45, 2.75) is 6.04 Å². The van der Waals surface area contributed by atoms with Crippen LogP contribution in [0.3, 0.4) is 0 Å². The van der Waals surface area contributed by atoms with Gasteiger partial charge in [-0.1, -0.05) is 11.6 Å². The van der Waals surface area contributed by atoms with Gasteiger partial charge in [0.1, 0.15) is 6.04 Å². The summed E-state index contributed by atoms with van der Waals surface area (Å²) in [5.41, 5.74) is 2.05. The maximum absolute atomic E-state index is 9.59. The number of halogens is 1. The van der Waals surface area contributed by atoms with Crippen LogP contribution in [0.2, 0.25) is 5.02 Å². The monoisotopic (exact) mass is 288 g/mol. The Balaban J connectivity index is 1.95. The molecule has 1 aromatic carbocycles. The number of fused-ring (bicyclic) bond motifs is 1. The summed E-state index contributed by atoms with van der Waals surface area (Å²) in [5, 5.41) is 11.3. The molecule has 4 nitrogen and oxygen atoms in total. The third-order valence-corrected chi connectivity index (χ3v) is 4.23. The van der Waals surface area contributed by atoms with Gasteiger partial charge < -0.3 is 9.88 Å². The van der Waals surface area contributed by atoms with Gasteiger partial charge in [-0.2, -0.15) is 5.26 Å². The van der Waals surface area contributed by atoms with Gasteiger partial charge in [0.05, 0.1) is 6.07 Å². The highest BCUT2D eigenvalue weighted by Crippen LogP contribution is 2.30. The predicted octanol–water partition coefficient (Wildman–Crippen LogP) is 2.63. The van der Waals surface area contributed by atoms with Crippen molar-refractivity contribution in [2.24, 2.45) is 0 Å². The normalized spacial score (nSPS) is 19.1. The number of piperazine rings is 1. The maximum atomic E-state index is 9.59. The number of likely N-dealkylation sites (N-methyl/N-ethyl adjacent to an activating group) is 1. The number of nitriles is 1. The molecule has 0 bridgehead atoms. The second-order valence-corrected chi connectivity index (χ2v) is 5.74. The van der Waals surface area contributed by atoms with Crippen molar-refractivity contribution < 1.29 is 0 Å². The number of aromatic amines is 1. The van der Waals surface area contributed by atoms with Crippen LogP contribution in [0, 0.1) is 11.3 Å². The smallest absolute Gasteiger partial charge is 0.126 e. The summed E-state index contributed by atoms with van der Waals surface area (Å²) >= 11 is 6.08. The second kappa shape index (κ2) is 5.45. The molecule has 0 radical (unpaired) electrons. The summed E-state index contributed by atoms with van der Waals surface area (Å²) in [6, 6.07) is 7.99. The summed E-state index contributed by atoms with van der Waals surface area (Å²) in [5.74, 6) is 0. The topological polar surface area (TPSA) is 46.1 Å². The van der Waals surface area contributed by atoms with Crippen LogP contribution in [0.1, 0.15) is 11.6 Å². The van der Waals surface area contributed by atoms with Crippen molar-refractivity contribution in [3.05, 3.63) is 35.0 Å². The van der Waals surface area contributed by atoms with Gasteiger partial charge in [-0.3, -0.25) is 4.90 Å². The number of nitrogens with zero attached hydrogens (tertiary/aromatic N) is 3. The molecule has 0 aliphatic carbocycles. The fraction of sp³-hybridized carbons (Fsp3) is 0.400. The molecule has 1 saturated heterocycles. The van der Waals surface area contributed by atoms with Gasteiger partial charge in [-0.05, 0) is 25.2 Å². The second-order valence-electron chi connectivity index (χ2n) is 5.30. The van der Waals surface area contributed by atoms with Crippen molar-refractivity contribution in [3.8, 4) is 6.07 Å². The Morgan fingerprint density at radius 2 is 2.05 bits per heavy atom. The molecule has 104 valence electrons. The summed E-state index contributed by atoms with van der Waals surface area (Å²) in [6.45, 7) is 3.84. The molecule has 5 heteroatoms. The summed E-state index contributed by atoms with van der Waals surface area (Å²) < 4.78 is 0. The molecule has 0 unspecified atom stereocenters. The Hall–Kier alpha value is -1.54. The maximum Gasteiger partial charge on any atom is 0.126 e. The fourth-order valence-corrected chi connectivity index (χ4v) is 2.94. The average Bonchev–Trinajstić information content (AvgIpc) is 2.85. The van der Waals surface area contributed by atoms with Crippen LogP contribution in [0.5, 0.6) is 0 Å². The van der Waals surface area contributed by atoms with E-state index in [2.05, 4.69) is 27.9 Å². The Bertz CT molecular complexity index is 649. The number of nitrogens with one attached hydrogen (secondary N) is 1. The lowest BCUT2D eigenvalue weighted by Gasteiger charge is -2.35. The lowest BCUT2D eigenvalue weighted by Crippen LogP contribution is -2.45. The standard InChI is InChI=1S/C15H17ClN4/c1-19-4-6-20(7-5-19)15(9-17)13-10-18-14-3-2-11(16)8-12(13)14/h2-3,8,10,15,18H,4-7H2,1H3/t15-/m0/s1. The molecule has 1 aromatic heterocycles. The first-order chi connectivity index (χ1) is 9.69. The lowest BCUT2D eigenvalue weighted by atomic mass is 10.0. The van der Waals surface area contributed by atoms with Crippen LogP contribution < -0.4 is 0 Å².